The van der Waals surface area contributed by atoms with Crippen molar-refractivity contribution in [3.8, 4) is 0 Å². The zero-order valence-electron chi connectivity index (χ0n) is 11.4. The summed E-state index contributed by atoms with van der Waals surface area (Å²) in [6.45, 7) is 1.92. The molecule has 0 radical (unpaired) electrons. The van der Waals surface area contributed by atoms with E-state index in [9.17, 15) is 8.42 Å². The number of nitrogens with one attached hydrogen (secondary N) is 1. The average molecular weight is 438 g/mol. The lowest BCUT2D eigenvalue weighted by atomic mass is 10.1. The van der Waals surface area contributed by atoms with E-state index in [0.717, 1.165) is 10.0 Å². The van der Waals surface area contributed by atoms with Gasteiger partial charge in [-0.3, -0.25) is 0 Å². The molecule has 1 aromatic carbocycles. The van der Waals surface area contributed by atoms with Gasteiger partial charge in [-0.15, -0.1) is 5.10 Å². The van der Waals surface area contributed by atoms with Crippen molar-refractivity contribution in [2.45, 2.75) is 24.4 Å². The van der Waals surface area contributed by atoms with Gasteiger partial charge < -0.3 is 0 Å². The second kappa shape index (κ2) is 6.55. The Bertz CT molecular complexity index is 709. The van der Waals surface area contributed by atoms with E-state index in [1.807, 2.05) is 31.2 Å². The molecule has 0 spiro atoms. The Morgan fingerprint density at radius 2 is 1.90 bits per heavy atom. The Kier molecular flexibility index (Phi) is 5.18. The first-order valence-corrected chi connectivity index (χ1v) is 9.25. The number of benzene rings is 1. The van der Waals surface area contributed by atoms with Gasteiger partial charge in [-0.25, -0.2) is 17.8 Å². The van der Waals surface area contributed by atoms with Gasteiger partial charge in [-0.2, -0.15) is 0 Å². The van der Waals surface area contributed by atoms with Crippen LogP contribution in [0.25, 0.3) is 0 Å². The summed E-state index contributed by atoms with van der Waals surface area (Å²) in [6, 6.07) is 7.22. The second-order valence-electron chi connectivity index (χ2n) is 4.44. The summed E-state index contributed by atoms with van der Waals surface area (Å²) in [5.74, 6) is 0. The van der Waals surface area contributed by atoms with Crippen LogP contribution in [0.4, 0.5) is 0 Å². The van der Waals surface area contributed by atoms with Gasteiger partial charge in [0.15, 0.2) is 4.60 Å². The van der Waals surface area contributed by atoms with Crippen molar-refractivity contribution in [3.63, 3.8) is 0 Å². The first kappa shape index (κ1) is 16.6. The fourth-order valence-electron chi connectivity index (χ4n) is 1.93. The summed E-state index contributed by atoms with van der Waals surface area (Å²) in [5.41, 5.74) is 0.899. The van der Waals surface area contributed by atoms with Crippen molar-refractivity contribution in [3.05, 3.63) is 38.9 Å². The second-order valence-corrected chi connectivity index (χ2v) is 7.74. The maximum atomic E-state index is 12.5. The van der Waals surface area contributed by atoms with E-state index in [1.54, 1.807) is 0 Å². The van der Waals surface area contributed by atoms with Gasteiger partial charge in [0.1, 0.15) is 0 Å². The molecule has 0 fully saturated rings. The third-order valence-electron chi connectivity index (χ3n) is 2.97. The molecule has 0 aliphatic rings. The number of aryl methyl sites for hydroxylation is 1. The number of nitrogens with zero attached hydrogens (tertiary/aromatic N) is 3. The summed E-state index contributed by atoms with van der Waals surface area (Å²) < 4.78 is 30.0. The molecule has 21 heavy (non-hydrogen) atoms. The van der Waals surface area contributed by atoms with E-state index in [4.69, 9.17) is 0 Å². The monoisotopic (exact) mass is 436 g/mol. The number of halogens is 2. The van der Waals surface area contributed by atoms with E-state index >= 15 is 0 Å². The zero-order chi connectivity index (χ0) is 15.6. The summed E-state index contributed by atoms with van der Waals surface area (Å²) in [7, 11) is -2.18. The predicted octanol–water partition coefficient (Wildman–Crippen LogP) is 2.77. The van der Waals surface area contributed by atoms with Gasteiger partial charge in [0, 0.05) is 17.6 Å². The molecule has 2 aromatic rings. The van der Waals surface area contributed by atoms with Gasteiger partial charge in [-0.05, 0) is 40.0 Å². The van der Waals surface area contributed by atoms with E-state index in [1.165, 1.54) is 11.7 Å². The highest BCUT2D eigenvalue weighted by molar-refractivity contribution is 9.10. The molecule has 2 rings (SSSR count). The van der Waals surface area contributed by atoms with Crippen LogP contribution in [0.15, 0.2) is 38.4 Å². The molecule has 0 bridgehead atoms. The fraction of sp³-hybridized carbons (Fsp3) is 0.333. The lowest BCUT2D eigenvalue weighted by molar-refractivity contribution is 0.534. The molecule has 0 aliphatic heterocycles. The van der Waals surface area contributed by atoms with E-state index in [0.29, 0.717) is 6.42 Å². The molecular formula is C12H14Br2N4O2S. The van der Waals surface area contributed by atoms with Crippen LogP contribution in [0.1, 0.15) is 24.9 Å². The summed E-state index contributed by atoms with van der Waals surface area (Å²) in [4.78, 5) is 0. The third kappa shape index (κ3) is 3.71. The molecule has 1 unspecified atom stereocenters. The summed E-state index contributed by atoms with van der Waals surface area (Å²) in [6.07, 6.45) is 0.629. The van der Waals surface area contributed by atoms with Crippen LogP contribution in [-0.4, -0.2) is 23.4 Å². The van der Waals surface area contributed by atoms with E-state index in [2.05, 4.69) is 46.9 Å². The van der Waals surface area contributed by atoms with Gasteiger partial charge >= 0.3 is 0 Å². The van der Waals surface area contributed by atoms with Gasteiger partial charge in [-0.1, -0.05) is 40.2 Å². The highest BCUT2D eigenvalue weighted by atomic mass is 79.9. The molecular weight excluding hydrogens is 424 g/mol. The number of rotatable bonds is 5. The average Bonchev–Trinajstić information content (AvgIpc) is 2.77. The van der Waals surface area contributed by atoms with E-state index in [-0.39, 0.29) is 15.7 Å². The van der Waals surface area contributed by atoms with Crippen LogP contribution >= 0.6 is 31.9 Å². The molecule has 1 heterocycles. The van der Waals surface area contributed by atoms with E-state index < -0.39 is 10.0 Å². The molecule has 0 amide bonds. The van der Waals surface area contributed by atoms with Crippen molar-refractivity contribution >= 4 is 41.9 Å². The topological polar surface area (TPSA) is 76.9 Å². The maximum absolute atomic E-state index is 12.5. The Hall–Kier alpha value is -0.770. The molecule has 1 N–H and O–H groups in total. The van der Waals surface area contributed by atoms with Crippen LogP contribution in [0.5, 0.6) is 0 Å². The first-order chi connectivity index (χ1) is 9.85. The smallest absolute Gasteiger partial charge is 0.235 e. The van der Waals surface area contributed by atoms with Crippen molar-refractivity contribution < 1.29 is 8.42 Å². The third-order valence-corrected chi connectivity index (χ3v) is 5.86. The fourth-order valence-corrected chi connectivity index (χ4v) is 4.60. The zero-order valence-corrected chi connectivity index (χ0v) is 15.4. The Balaban J connectivity index is 2.32. The molecule has 1 aromatic heterocycles. The lowest BCUT2D eigenvalue weighted by Crippen LogP contribution is -2.30. The highest BCUT2D eigenvalue weighted by Gasteiger charge is 2.27. The van der Waals surface area contributed by atoms with Crippen molar-refractivity contribution in [1.82, 2.24) is 19.7 Å². The molecule has 1 atom stereocenters. The Morgan fingerprint density at radius 3 is 2.38 bits per heavy atom. The highest BCUT2D eigenvalue weighted by Crippen LogP contribution is 2.24. The molecule has 0 saturated carbocycles. The molecule has 6 nitrogen and oxygen atoms in total. The Morgan fingerprint density at radius 1 is 1.29 bits per heavy atom. The van der Waals surface area contributed by atoms with Crippen LogP contribution < -0.4 is 4.72 Å². The number of sulfonamides is 1. The minimum atomic E-state index is -3.72. The number of hydrogen-bond acceptors (Lipinski definition) is 4. The normalized spacial score (nSPS) is 13.3. The largest absolute Gasteiger partial charge is 0.261 e. The van der Waals surface area contributed by atoms with Crippen molar-refractivity contribution in [2.24, 2.45) is 7.05 Å². The molecule has 0 saturated heterocycles. The lowest BCUT2D eigenvalue weighted by Gasteiger charge is -2.17. The van der Waals surface area contributed by atoms with Gasteiger partial charge in [0.05, 0.1) is 0 Å². The molecule has 9 heteroatoms. The summed E-state index contributed by atoms with van der Waals surface area (Å²) >= 11 is 6.47. The quantitative estimate of drug-likeness (QED) is 0.780. The van der Waals surface area contributed by atoms with Crippen LogP contribution in [0.2, 0.25) is 0 Å². The Labute approximate surface area is 140 Å². The maximum Gasteiger partial charge on any atom is 0.261 e. The van der Waals surface area contributed by atoms with Crippen LogP contribution in [-0.2, 0) is 17.1 Å². The molecule has 114 valence electrons. The first-order valence-electron chi connectivity index (χ1n) is 6.18. The van der Waals surface area contributed by atoms with Crippen LogP contribution in [0, 0.1) is 0 Å². The predicted molar refractivity (Wildman–Crippen MR) is 86.2 cm³/mol. The minimum Gasteiger partial charge on any atom is -0.235 e. The SMILES string of the molecule is CCC(NS(=O)(=O)c1c(Br)nnn1C)c1ccc(Br)cc1. The number of hydrogen-bond donors (Lipinski definition) is 1. The standard InChI is InChI=1S/C12H14Br2N4O2S/c1-3-10(8-4-6-9(13)7-5-8)16-21(19,20)12-11(14)15-17-18(12)2/h4-7,10,16H,3H2,1-2H3. The molecule has 0 aliphatic carbocycles. The van der Waals surface area contributed by atoms with Crippen molar-refractivity contribution in [1.29, 1.82) is 0 Å². The van der Waals surface area contributed by atoms with Crippen molar-refractivity contribution in [2.75, 3.05) is 0 Å². The number of aromatic nitrogens is 3. The van der Waals surface area contributed by atoms with Gasteiger partial charge in [0.2, 0.25) is 5.03 Å². The van der Waals surface area contributed by atoms with Gasteiger partial charge in [0.25, 0.3) is 10.0 Å². The van der Waals surface area contributed by atoms with Crippen LogP contribution in [0.3, 0.4) is 0 Å². The minimum absolute atomic E-state index is 0.0121. The summed E-state index contributed by atoms with van der Waals surface area (Å²) in [5, 5.41) is 7.41.